The predicted molar refractivity (Wildman–Crippen MR) is 60.6 cm³/mol. The molecule has 2 nitrogen and oxygen atoms in total. The minimum absolute atomic E-state index is 0.614. The molecule has 0 aliphatic heterocycles. The number of hydrogen-bond donors (Lipinski definition) is 1. The van der Waals surface area contributed by atoms with Crippen LogP contribution in [0.5, 0.6) is 0 Å². The second-order valence-corrected chi connectivity index (χ2v) is 4.54. The normalized spacial score (nSPS) is 18.4. The Balaban J connectivity index is 1.98. The van der Waals surface area contributed by atoms with Crippen LogP contribution in [0.25, 0.3) is 0 Å². The quantitative estimate of drug-likeness (QED) is 0.576. The molecule has 0 atom stereocenters. The monoisotopic (exact) mass is 199 g/mol. The SMILES string of the molecule is CCCNCC1(CCOCCC)CC1. The van der Waals surface area contributed by atoms with E-state index in [-0.39, 0.29) is 0 Å². The van der Waals surface area contributed by atoms with Crippen molar-refractivity contribution >= 4 is 0 Å². The highest BCUT2D eigenvalue weighted by Gasteiger charge is 2.41. The summed E-state index contributed by atoms with van der Waals surface area (Å²) >= 11 is 0. The number of rotatable bonds is 9. The second kappa shape index (κ2) is 6.41. The number of nitrogens with one attached hydrogen (secondary N) is 1. The molecule has 1 saturated carbocycles. The molecule has 0 amide bonds. The van der Waals surface area contributed by atoms with Crippen molar-refractivity contribution in [2.24, 2.45) is 5.41 Å². The van der Waals surface area contributed by atoms with Crippen LogP contribution in [-0.4, -0.2) is 26.3 Å². The van der Waals surface area contributed by atoms with E-state index in [9.17, 15) is 0 Å². The number of ether oxygens (including phenoxy) is 1. The smallest absolute Gasteiger partial charge is 0.0471 e. The predicted octanol–water partition coefficient (Wildman–Crippen LogP) is 2.58. The van der Waals surface area contributed by atoms with Gasteiger partial charge in [-0.2, -0.15) is 0 Å². The average molecular weight is 199 g/mol. The Kier molecular flexibility index (Phi) is 5.49. The Labute approximate surface area is 88.4 Å². The lowest BCUT2D eigenvalue weighted by Gasteiger charge is -2.15. The zero-order valence-electron chi connectivity index (χ0n) is 9.77. The molecule has 1 aliphatic rings. The van der Waals surface area contributed by atoms with Crippen LogP contribution in [0.15, 0.2) is 0 Å². The summed E-state index contributed by atoms with van der Waals surface area (Å²) in [5, 5.41) is 3.52. The van der Waals surface area contributed by atoms with Gasteiger partial charge in [-0.1, -0.05) is 13.8 Å². The summed E-state index contributed by atoms with van der Waals surface area (Å²) in [5.74, 6) is 0. The summed E-state index contributed by atoms with van der Waals surface area (Å²) < 4.78 is 5.54. The van der Waals surface area contributed by atoms with E-state index in [1.165, 1.54) is 32.2 Å². The third-order valence-corrected chi connectivity index (χ3v) is 3.01. The lowest BCUT2D eigenvalue weighted by atomic mass is 10.0. The first-order valence-corrected chi connectivity index (χ1v) is 6.11. The van der Waals surface area contributed by atoms with Gasteiger partial charge >= 0.3 is 0 Å². The molecule has 0 radical (unpaired) electrons. The molecule has 1 rings (SSSR count). The van der Waals surface area contributed by atoms with E-state index >= 15 is 0 Å². The summed E-state index contributed by atoms with van der Waals surface area (Å²) in [4.78, 5) is 0. The highest BCUT2D eigenvalue weighted by molar-refractivity contribution is 4.94. The lowest BCUT2D eigenvalue weighted by Crippen LogP contribution is -2.25. The van der Waals surface area contributed by atoms with Crippen LogP contribution in [0.3, 0.4) is 0 Å². The van der Waals surface area contributed by atoms with Crippen LogP contribution in [0.1, 0.15) is 46.0 Å². The lowest BCUT2D eigenvalue weighted by molar-refractivity contribution is 0.117. The van der Waals surface area contributed by atoms with Gasteiger partial charge in [-0.3, -0.25) is 0 Å². The van der Waals surface area contributed by atoms with Gasteiger partial charge in [0.25, 0.3) is 0 Å². The maximum atomic E-state index is 5.54. The minimum atomic E-state index is 0.614. The van der Waals surface area contributed by atoms with Gasteiger partial charge in [0.15, 0.2) is 0 Å². The van der Waals surface area contributed by atoms with Crippen molar-refractivity contribution in [1.29, 1.82) is 0 Å². The molecular weight excluding hydrogens is 174 g/mol. The first kappa shape index (κ1) is 12.0. The van der Waals surface area contributed by atoms with Gasteiger partial charge in [0, 0.05) is 19.8 Å². The zero-order chi connectivity index (χ0) is 10.3. The Hall–Kier alpha value is -0.0800. The van der Waals surface area contributed by atoms with Crippen LogP contribution in [0.2, 0.25) is 0 Å². The summed E-state index contributed by atoms with van der Waals surface area (Å²) in [6.07, 6.45) is 6.44. The molecule has 14 heavy (non-hydrogen) atoms. The van der Waals surface area contributed by atoms with Crippen molar-refractivity contribution in [2.45, 2.75) is 46.0 Å². The summed E-state index contributed by atoms with van der Waals surface area (Å²) in [5.41, 5.74) is 0.614. The summed E-state index contributed by atoms with van der Waals surface area (Å²) in [6, 6.07) is 0. The van der Waals surface area contributed by atoms with E-state index in [2.05, 4.69) is 19.2 Å². The van der Waals surface area contributed by atoms with Crippen molar-refractivity contribution in [2.75, 3.05) is 26.3 Å². The molecule has 0 aromatic carbocycles. The number of hydrogen-bond acceptors (Lipinski definition) is 2. The van der Waals surface area contributed by atoms with E-state index < -0.39 is 0 Å². The molecular formula is C12H25NO. The molecule has 0 unspecified atom stereocenters. The Morgan fingerprint density at radius 2 is 1.93 bits per heavy atom. The van der Waals surface area contributed by atoms with Crippen LogP contribution in [-0.2, 0) is 4.74 Å². The van der Waals surface area contributed by atoms with E-state index in [1.54, 1.807) is 0 Å². The average Bonchev–Trinajstić information content (AvgIpc) is 2.94. The van der Waals surface area contributed by atoms with Gasteiger partial charge in [-0.25, -0.2) is 0 Å². The largest absolute Gasteiger partial charge is 0.381 e. The van der Waals surface area contributed by atoms with E-state index in [1.807, 2.05) is 0 Å². The first-order valence-electron chi connectivity index (χ1n) is 6.11. The van der Waals surface area contributed by atoms with Crippen molar-refractivity contribution in [3.05, 3.63) is 0 Å². The zero-order valence-corrected chi connectivity index (χ0v) is 9.77. The third-order valence-electron chi connectivity index (χ3n) is 3.01. The van der Waals surface area contributed by atoms with E-state index in [4.69, 9.17) is 4.74 Å². The van der Waals surface area contributed by atoms with Gasteiger partial charge in [-0.15, -0.1) is 0 Å². The minimum Gasteiger partial charge on any atom is -0.381 e. The fraction of sp³-hybridized carbons (Fsp3) is 1.00. The molecule has 0 aromatic rings. The Bertz CT molecular complexity index is 143. The highest BCUT2D eigenvalue weighted by atomic mass is 16.5. The fourth-order valence-electron chi connectivity index (χ4n) is 1.76. The van der Waals surface area contributed by atoms with Crippen LogP contribution in [0.4, 0.5) is 0 Å². The second-order valence-electron chi connectivity index (χ2n) is 4.54. The molecule has 1 fully saturated rings. The van der Waals surface area contributed by atoms with Gasteiger partial charge in [0.1, 0.15) is 0 Å². The molecule has 84 valence electrons. The van der Waals surface area contributed by atoms with Gasteiger partial charge in [0.2, 0.25) is 0 Å². The van der Waals surface area contributed by atoms with E-state index in [0.717, 1.165) is 26.2 Å². The third kappa shape index (κ3) is 4.43. The van der Waals surface area contributed by atoms with E-state index in [0.29, 0.717) is 5.41 Å². The van der Waals surface area contributed by atoms with Gasteiger partial charge in [0.05, 0.1) is 0 Å². The summed E-state index contributed by atoms with van der Waals surface area (Å²) in [6.45, 7) is 8.64. The van der Waals surface area contributed by atoms with Crippen molar-refractivity contribution in [1.82, 2.24) is 5.32 Å². The summed E-state index contributed by atoms with van der Waals surface area (Å²) in [7, 11) is 0. The van der Waals surface area contributed by atoms with Crippen molar-refractivity contribution < 1.29 is 4.74 Å². The standard InChI is InChI=1S/C12H25NO/c1-3-8-13-11-12(5-6-12)7-10-14-9-4-2/h13H,3-11H2,1-2H3. The molecule has 0 saturated heterocycles. The van der Waals surface area contributed by atoms with Crippen molar-refractivity contribution in [3.63, 3.8) is 0 Å². The topological polar surface area (TPSA) is 21.3 Å². The maximum Gasteiger partial charge on any atom is 0.0471 e. The van der Waals surface area contributed by atoms with Crippen LogP contribution < -0.4 is 5.32 Å². The molecule has 1 N–H and O–H groups in total. The molecule has 2 heteroatoms. The molecule has 0 aromatic heterocycles. The van der Waals surface area contributed by atoms with Gasteiger partial charge in [-0.05, 0) is 44.1 Å². The Morgan fingerprint density at radius 1 is 1.14 bits per heavy atom. The molecule has 0 heterocycles. The Morgan fingerprint density at radius 3 is 2.50 bits per heavy atom. The maximum absolute atomic E-state index is 5.54. The molecule has 1 aliphatic carbocycles. The molecule has 0 spiro atoms. The van der Waals surface area contributed by atoms with Crippen molar-refractivity contribution in [3.8, 4) is 0 Å². The van der Waals surface area contributed by atoms with Gasteiger partial charge < -0.3 is 10.1 Å². The fourth-order valence-corrected chi connectivity index (χ4v) is 1.76. The molecule has 0 bridgehead atoms. The van der Waals surface area contributed by atoms with Crippen LogP contribution in [0, 0.1) is 5.41 Å². The van der Waals surface area contributed by atoms with Crippen LogP contribution >= 0.6 is 0 Å². The first-order chi connectivity index (χ1) is 6.83. The highest BCUT2D eigenvalue weighted by Crippen LogP contribution is 2.48.